The minimum atomic E-state index is -0.700. The number of benzene rings is 1. The van der Waals surface area contributed by atoms with Gasteiger partial charge < -0.3 is 15.2 Å². The van der Waals surface area contributed by atoms with E-state index in [9.17, 15) is 4.79 Å². The first-order chi connectivity index (χ1) is 9.64. The molecule has 2 N–H and O–H groups in total. The molecule has 3 rings (SSSR count). The summed E-state index contributed by atoms with van der Waals surface area (Å²) in [6.45, 7) is 1.33. The van der Waals surface area contributed by atoms with Crippen LogP contribution in [0.4, 0.5) is 0 Å². The molecule has 4 heteroatoms. The Morgan fingerprint density at radius 1 is 1.50 bits per heavy atom. The van der Waals surface area contributed by atoms with E-state index in [1.165, 1.54) is 24.0 Å². The molecule has 0 bridgehead atoms. The lowest BCUT2D eigenvalue weighted by Crippen LogP contribution is -2.18. The van der Waals surface area contributed by atoms with Crippen molar-refractivity contribution in [1.29, 1.82) is 0 Å². The van der Waals surface area contributed by atoms with Crippen molar-refractivity contribution in [2.45, 2.75) is 30.7 Å². The summed E-state index contributed by atoms with van der Waals surface area (Å²) in [5.74, 6) is -0.966. The average Bonchev–Trinajstić information content (AvgIpc) is 3.05. The van der Waals surface area contributed by atoms with Crippen molar-refractivity contribution in [3.8, 4) is 0 Å². The number of carbonyl (C=O) groups is 1. The molecule has 108 valence electrons. The summed E-state index contributed by atoms with van der Waals surface area (Å²) < 4.78 is 5.34. The van der Waals surface area contributed by atoms with E-state index in [0.29, 0.717) is 13.0 Å². The summed E-state index contributed by atoms with van der Waals surface area (Å²) in [6, 6.07) is 8.73. The zero-order valence-electron chi connectivity index (χ0n) is 11.8. The lowest BCUT2D eigenvalue weighted by atomic mass is 9.92. The second kappa shape index (κ2) is 5.19. The van der Waals surface area contributed by atoms with Crippen LogP contribution < -0.4 is 5.32 Å². The van der Waals surface area contributed by atoms with Gasteiger partial charge in [-0.2, -0.15) is 0 Å². The second-order valence-corrected chi connectivity index (χ2v) is 6.07. The van der Waals surface area contributed by atoms with Crippen LogP contribution in [0, 0.1) is 5.92 Å². The standard InChI is InChI=1S/C16H21NO3/c1-20-10-16(5-6-16)13-4-2-3-11(7-13)14-8-12(9-17-14)15(18)19/h2-4,7,12,14,17H,5-6,8-10H2,1H3,(H,18,19). The third-order valence-electron chi connectivity index (χ3n) is 4.66. The lowest BCUT2D eigenvalue weighted by molar-refractivity contribution is -0.141. The van der Waals surface area contributed by atoms with Crippen LogP contribution in [0.15, 0.2) is 24.3 Å². The van der Waals surface area contributed by atoms with Gasteiger partial charge in [-0.25, -0.2) is 0 Å². The Morgan fingerprint density at radius 3 is 2.90 bits per heavy atom. The number of nitrogens with one attached hydrogen (secondary N) is 1. The third kappa shape index (κ3) is 2.45. The number of carboxylic acids is 1. The molecule has 1 saturated heterocycles. The minimum Gasteiger partial charge on any atom is -0.481 e. The fourth-order valence-corrected chi connectivity index (χ4v) is 3.21. The number of hydrogen-bond acceptors (Lipinski definition) is 3. The highest BCUT2D eigenvalue weighted by atomic mass is 16.5. The normalized spacial score (nSPS) is 27.4. The van der Waals surface area contributed by atoms with Gasteiger partial charge >= 0.3 is 5.97 Å². The number of hydrogen-bond donors (Lipinski definition) is 2. The van der Waals surface area contributed by atoms with Crippen molar-refractivity contribution in [2.24, 2.45) is 5.92 Å². The molecule has 0 radical (unpaired) electrons. The summed E-state index contributed by atoms with van der Waals surface area (Å²) in [5.41, 5.74) is 2.74. The monoisotopic (exact) mass is 275 g/mol. The summed E-state index contributed by atoms with van der Waals surface area (Å²) in [7, 11) is 1.75. The average molecular weight is 275 g/mol. The summed E-state index contributed by atoms with van der Waals surface area (Å²) in [4.78, 5) is 11.0. The predicted octanol–water partition coefficient (Wildman–Crippen LogP) is 2.10. The molecule has 0 aromatic heterocycles. The van der Waals surface area contributed by atoms with Crippen LogP contribution in [0.1, 0.15) is 36.4 Å². The quantitative estimate of drug-likeness (QED) is 0.864. The Bertz CT molecular complexity index is 510. The first-order valence-corrected chi connectivity index (χ1v) is 7.20. The highest BCUT2D eigenvalue weighted by Gasteiger charge is 2.44. The van der Waals surface area contributed by atoms with Gasteiger partial charge in [0.15, 0.2) is 0 Å². The maximum Gasteiger partial charge on any atom is 0.307 e. The van der Waals surface area contributed by atoms with Gasteiger partial charge in [0.1, 0.15) is 0 Å². The highest BCUT2D eigenvalue weighted by molar-refractivity contribution is 5.70. The smallest absolute Gasteiger partial charge is 0.307 e. The first kappa shape index (κ1) is 13.6. The van der Waals surface area contributed by atoms with Crippen molar-refractivity contribution in [2.75, 3.05) is 20.3 Å². The summed E-state index contributed by atoms with van der Waals surface area (Å²) >= 11 is 0. The van der Waals surface area contributed by atoms with Crippen molar-refractivity contribution >= 4 is 5.97 Å². The Balaban J connectivity index is 1.77. The van der Waals surface area contributed by atoms with Crippen LogP contribution in [-0.2, 0) is 14.9 Å². The zero-order chi connectivity index (χ0) is 14.2. The van der Waals surface area contributed by atoms with E-state index in [1.54, 1.807) is 7.11 Å². The SMILES string of the molecule is COCC1(c2cccc(C3CC(C(=O)O)CN3)c2)CC1. The number of aliphatic carboxylic acids is 1. The van der Waals surface area contributed by atoms with E-state index in [1.807, 2.05) is 0 Å². The topological polar surface area (TPSA) is 58.6 Å². The van der Waals surface area contributed by atoms with Gasteiger partial charge in [0.2, 0.25) is 0 Å². The van der Waals surface area contributed by atoms with E-state index >= 15 is 0 Å². The minimum absolute atomic E-state index is 0.161. The molecule has 2 fully saturated rings. The van der Waals surface area contributed by atoms with E-state index in [4.69, 9.17) is 9.84 Å². The molecule has 4 nitrogen and oxygen atoms in total. The van der Waals surface area contributed by atoms with Crippen LogP contribution in [0.25, 0.3) is 0 Å². The van der Waals surface area contributed by atoms with Crippen LogP contribution in [-0.4, -0.2) is 31.3 Å². The van der Waals surface area contributed by atoms with Gasteiger partial charge in [-0.15, -0.1) is 0 Å². The number of rotatable bonds is 5. The van der Waals surface area contributed by atoms with E-state index in [2.05, 4.69) is 29.6 Å². The first-order valence-electron chi connectivity index (χ1n) is 7.20. The molecule has 1 aromatic rings. The molecular weight excluding hydrogens is 254 g/mol. The van der Waals surface area contributed by atoms with Gasteiger partial charge in [0, 0.05) is 25.1 Å². The molecule has 1 heterocycles. The molecule has 20 heavy (non-hydrogen) atoms. The van der Waals surface area contributed by atoms with E-state index in [-0.39, 0.29) is 17.4 Å². The van der Waals surface area contributed by atoms with Crippen LogP contribution in [0.3, 0.4) is 0 Å². The summed E-state index contributed by atoms with van der Waals surface area (Å²) in [5, 5.41) is 12.4. The van der Waals surface area contributed by atoms with Gasteiger partial charge in [-0.3, -0.25) is 4.79 Å². The van der Waals surface area contributed by atoms with Crippen molar-refractivity contribution < 1.29 is 14.6 Å². The Hall–Kier alpha value is -1.39. The lowest BCUT2D eigenvalue weighted by Gasteiger charge is -2.18. The zero-order valence-corrected chi connectivity index (χ0v) is 11.8. The van der Waals surface area contributed by atoms with E-state index < -0.39 is 5.97 Å². The fraction of sp³-hybridized carbons (Fsp3) is 0.562. The Labute approximate surface area is 119 Å². The van der Waals surface area contributed by atoms with Crippen LogP contribution in [0.5, 0.6) is 0 Å². The van der Waals surface area contributed by atoms with Gasteiger partial charge in [0.05, 0.1) is 12.5 Å². The summed E-state index contributed by atoms with van der Waals surface area (Å²) in [6.07, 6.45) is 3.04. The van der Waals surface area contributed by atoms with Crippen molar-refractivity contribution in [3.63, 3.8) is 0 Å². The molecule has 0 amide bonds. The molecule has 1 aliphatic carbocycles. The maximum absolute atomic E-state index is 11.0. The largest absolute Gasteiger partial charge is 0.481 e. The molecule has 1 aromatic carbocycles. The molecule has 1 saturated carbocycles. The highest BCUT2D eigenvalue weighted by Crippen LogP contribution is 2.48. The molecule has 0 spiro atoms. The van der Waals surface area contributed by atoms with Crippen molar-refractivity contribution in [1.82, 2.24) is 5.32 Å². The van der Waals surface area contributed by atoms with Crippen LogP contribution >= 0.6 is 0 Å². The molecule has 2 atom stereocenters. The van der Waals surface area contributed by atoms with Gasteiger partial charge in [0.25, 0.3) is 0 Å². The van der Waals surface area contributed by atoms with E-state index in [0.717, 1.165) is 6.61 Å². The van der Waals surface area contributed by atoms with Gasteiger partial charge in [-0.1, -0.05) is 24.3 Å². The predicted molar refractivity (Wildman–Crippen MR) is 75.7 cm³/mol. The Morgan fingerprint density at radius 2 is 2.30 bits per heavy atom. The van der Waals surface area contributed by atoms with Crippen LogP contribution in [0.2, 0.25) is 0 Å². The second-order valence-electron chi connectivity index (χ2n) is 6.07. The molecule has 1 aliphatic heterocycles. The fourth-order valence-electron chi connectivity index (χ4n) is 3.21. The molecule has 2 unspecified atom stereocenters. The third-order valence-corrected chi connectivity index (χ3v) is 4.66. The Kier molecular flexibility index (Phi) is 3.52. The number of ether oxygens (including phenoxy) is 1. The maximum atomic E-state index is 11.0. The number of methoxy groups -OCH3 is 1. The molecule has 2 aliphatic rings. The van der Waals surface area contributed by atoms with Crippen molar-refractivity contribution in [3.05, 3.63) is 35.4 Å². The van der Waals surface area contributed by atoms with Gasteiger partial charge in [-0.05, 0) is 30.4 Å². The molecular formula is C16H21NO3. The number of carboxylic acid groups (broad SMARTS) is 1.